The van der Waals surface area contributed by atoms with Crippen LogP contribution >= 0.6 is 0 Å². The van der Waals surface area contributed by atoms with E-state index in [1.165, 1.54) is 36.0 Å². The second-order valence-corrected chi connectivity index (χ2v) is 7.97. The van der Waals surface area contributed by atoms with Crippen molar-refractivity contribution >= 4 is 11.8 Å². The Kier molecular flexibility index (Phi) is 3.66. The van der Waals surface area contributed by atoms with Crippen LogP contribution in [0.1, 0.15) is 42.4 Å². The van der Waals surface area contributed by atoms with E-state index in [0.29, 0.717) is 25.0 Å². The largest absolute Gasteiger partial charge is 0.335 e. The molecule has 0 radical (unpaired) electrons. The third-order valence-corrected chi connectivity index (χ3v) is 6.41. The third kappa shape index (κ3) is 2.62. The molecule has 0 N–H and O–H groups in total. The van der Waals surface area contributed by atoms with Crippen molar-refractivity contribution in [2.45, 2.75) is 46.1 Å². The first kappa shape index (κ1) is 15.7. The fourth-order valence-electron chi connectivity index (χ4n) is 4.29. The normalized spacial score (nSPS) is 24.9. The Morgan fingerprint density at radius 2 is 2.00 bits per heavy atom. The van der Waals surface area contributed by atoms with Gasteiger partial charge in [-0.2, -0.15) is 0 Å². The van der Waals surface area contributed by atoms with E-state index in [1.54, 1.807) is 4.90 Å². The monoisotopic (exact) mass is 326 g/mol. The Morgan fingerprint density at radius 3 is 2.58 bits per heavy atom. The molecule has 2 saturated carbocycles. The summed E-state index contributed by atoms with van der Waals surface area (Å²) in [7, 11) is 0. The average Bonchev–Trinajstić information content (AvgIpc) is 3.28. The lowest BCUT2D eigenvalue weighted by Crippen LogP contribution is -2.52. The van der Waals surface area contributed by atoms with Crippen molar-refractivity contribution in [1.29, 1.82) is 0 Å². The van der Waals surface area contributed by atoms with Crippen molar-refractivity contribution in [1.82, 2.24) is 9.80 Å². The Bertz CT molecular complexity index is 693. The van der Waals surface area contributed by atoms with E-state index in [1.807, 2.05) is 4.90 Å². The minimum absolute atomic E-state index is 0.0798. The van der Waals surface area contributed by atoms with Gasteiger partial charge in [0.15, 0.2) is 0 Å². The summed E-state index contributed by atoms with van der Waals surface area (Å²) in [5.41, 5.74) is 4.04. The second kappa shape index (κ2) is 5.61. The number of rotatable bonds is 3. The van der Waals surface area contributed by atoms with Gasteiger partial charge in [0.1, 0.15) is 0 Å². The lowest BCUT2D eigenvalue weighted by molar-refractivity contribution is -0.147. The minimum atomic E-state index is 0.0798. The Balaban J connectivity index is 1.35. The SMILES string of the molecule is Cc1ccc(CN2CCN(C(=O)C3CC34CCC4)CC2=O)cc1C. The van der Waals surface area contributed by atoms with E-state index < -0.39 is 0 Å². The van der Waals surface area contributed by atoms with Crippen molar-refractivity contribution in [2.24, 2.45) is 11.3 Å². The molecule has 3 fully saturated rings. The highest BCUT2D eigenvalue weighted by atomic mass is 16.2. The van der Waals surface area contributed by atoms with Crippen LogP contribution in [0.4, 0.5) is 0 Å². The highest BCUT2D eigenvalue weighted by Gasteiger charge is 2.61. The van der Waals surface area contributed by atoms with Crippen LogP contribution in [-0.4, -0.2) is 41.2 Å². The average molecular weight is 326 g/mol. The molecule has 2 amide bonds. The summed E-state index contributed by atoms with van der Waals surface area (Å²) < 4.78 is 0. The molecule has 4 nitrogen and oxygen atoms in total. The van der Waals surface area contributed by atoms with Crippen molar-refractivity contribution in [3.05, 3.63) is 34.9 Å². The molecular formula is C20H26N2O2. The number of hydrogen-bond donors (Lipinski definition) is 0. The topological polar surface area (TPSA) is 40.6 Å². The molecule has 4 heteroatoms. The maximum absolute atomic E-state index is 12.6. The summed E-state index contributed by atoms with van der Waals surface area (Å²) in [6.07, 6.45) is 4.75. The first-order valence-corrected chi connectivity index (χ1v) is 9.11. The van der Waals surface area contributed by atoms with E-state index in [2.05, 4.69) is 32.0 Å². The number of aryl methyl sites for hydroxylation is 2. The number of carbonyl (C=O) groups excluding carboxylic acids is 2. The Hall–Kier alpha value is -1.84. The minimum Gasteiger partial charge on any atom is -0.335 e. The first-order valence-electron chi connectivity index (χ1n) is 9.11. The van der Waals surface area contributed by atoms with Gasteiger partial charge in [-0.15, -0.1) is 0 Å². The zero-order chi connectivity index (χ0) is 16.9. The van der Waals surface area contributed by atoms with Gasteiger partial charge in [0.2, 0.25) is 11.8 Å². The molecule has 1 aromatic rings. The molecule has 0 aromatic heterocycles. The molecule has 1 aliphatic heterocycles. The quantitative estimate of drug-likeness (QED) is 0.857. The van der Waals surface area contributed by atoms with Crippen LogP contribution < -0.4 is 0 Å². The van der Waals surface area contributed by atoms with Crippen LogP contribution in [0.15, 0.2) is 18.2 Å². The number of piperazine rings is 1. The van der Waals surface area contributed by atoms with E-state index in [-0.39, 0.29) is 24.3 Å². The molecule has 128 valence electrons. The molecule has 2 aliphatic carbocycles. The first-order chi connectivity index (χ1) is 11.5. The number of benzene rings is 1. The van der Waals surface area contributed by atoms with Gasteiger partial charge in [-0.3, -0.25) is 9.59 Å². The molecule has 3 aliphatic rings. The van der Waals surface area contributed by atoms with Gasteiger partial charge in [0.25, 0.3) is 0 Å². The number of nitrogens with zero attached hydrogens (tertiary/aromatic N) is 2. The van der Waals surface area contributed by atoms with E-state index >= 15 is 0 Å². The summed E-state index contributed by atoms with van der Waals surface area (Å²) in [6.45, 7) is 6.44. The van der Waals surface area contributed by atoms with Gasteiger partial charge in [0, 0.05) is 25.6 Å². The summed E-state index contributed by atoms with van der Waals surface area (Å²) in [4.78, 5) is 28.8. The van der Waals surface area contributed by atoms with Gasteiger partial charge >= 0.3 is 0 Å². The van der Waals surface area contributed by atoms with Crippen LogP contribution in [0.3, 0.4) is 0 Å². The maximum Gasteiger partial charge on any atom is 0.242 e. The highest BCUT2D eigenvalue weighted by Crippen LogP contribution is 2.65. The molecule has 1 aromatic carbocycles. The summed E-state index contributed by atoms with van der Waals surface area (Å²) >= 11 is 0. The number of carbonyl (C=O) groups is 2. The van der Waals surface area contributed by atoms with Gasteiger partial charge in [-0.25, -0.2) is 0 Å². The van der Waals surface area contributed by atoms with Crippen LogP contribution in [-0.2, 0) is 16.1 Å². The Labute approximate surface area is 143 Å². The zero-order valence-corrected chi connectivity index (χ0v) is 14.7. The fourth-order valence-corrected chi connectivity index (χ4v) is 4.29. The summed E-state index contributed by atoms with van der Waals surface area (Å²) in [5.74, 6) is 0.523. The Morgan fingerprint density at radius 1 is 1.21 bits per heavy atom. The van der Waals surface area contributed by atoms with E-state index in [4.69, 9.17) is 0 Å². The molecule has 1 heterocycles. The van der Waals surface area contributed by atoms with Crippen molar-refractivity contribution in [2.75, 3.05) is 19.6 Å². The maximum atomic E-state index is 12.6. The molecular weight excluding hydrogens is 300 g/mol. The van der Waals surface area contributed by atoms with Crippen LogP contribution in [0, 0.1) is 25.2 Å². The molecule has 1 saturated heterocycles. The van der Waals surface area contributed by atoms with Crippen LogP contribution in [0.25, 0.3) is 0 Å². The van der Waals surface area contributed by atoms with Gasteiger partial charge in [0.05, 0.1) is 6.54 Å². The predicted molar refractivity (Wildman–Crippen MR) is 92.3 cm³/mol. The van der Waals surface area contributed by atoms with Gasteiger partial charge in [-0.05, 0) is 55.2 Å². The van der Waals surface area contributed by atoms with Crippen molar-refractivity contribution in [3.63, 3.8) is 0 Å². The summed E-state index contributed by atoms with van der Waals surface area (Å²) in [6, 6.07) is 6.36. The lowest BCUT2D eigenvalue weighted by atomic mass is 9.79. The van der Waals surface area contributed by atoms with E-state index in [0.717, 1.165) is 6.42 Å². The van der Waals surface area contributed by atoms with Gasteiger partial charge in [-0.1, -0.05) is 24.6 Å². The second-order valence-electron chi connectivity index (χ2n) is 7.97. The molecule has 4 rings (SSSR count). The molecule has 1 atom stereocenters. The van der Waals surface area contributed by atoms with Crippen LogP contribution in [0.5, 0.6) is 0 Å². The zero-order valence-electron chi connectivity index (χ0n) is 14.7. The number of hydrogen-bond acceptors (Lipinski definition) is 2. The van der Waals surface area contributed by atoms with Crippen LogP contribution in [0.2, 0.25) is 0 Å². The molecule has 0 bridgehead atoms. The third-order valence-electron chi connectivity index (χ3n) is 6.41. The lowest BCUT2D eigenvalue weighted by Gasteiger charge is -2.35. The standard InChI is InChI=1S/C20H26N2O2/c1-14-4-5-16(10-15(14)2)12-21-8-9-22(13-18(21)23)19(24)17-11-20(17)6-3-7-20/h4-5,10,17H,3,6-9,11-13H2,1-2H3. The van der Waals surface area contributed by atoms with E-state index in [9.17, 15) is 9.59 Å². The van der Waals surface area contributed by atoms with Gasteiger partial charge < -0.3 is 9.80 Å². The molecule has 1 unspecified atom stereocenters. The molecule has 24 heavy (non-hydrogen) atoms. The molecule has 1 spiro atoms. The smallest absolute Gasteiger partial charge is 0.242 e. The summed E-state index contributed by atoms with van der Waals surface area (Å²) in [5, 5.41) is 0. The van der Waals surface area contributed by atoms with Crippen molar-refractivity contribution in [3.8, 4) is 0 Å². The fraction of sp³-hybridized carbons (Fsp3) is 0.600. The van der Waals surface area contributed by atoms with Crippen molar-refractivity contribution < 1.29 is 9.59 Å². The highest BCUT2D eigenvalue weighted by molar-refractivity contribution is 5.89. The number of amides is 2. The predicted octanol–water partition coefficient (Wildman–Crippen LogP) is 2.66.